The predicted octanol–water partition coefficient (Wildman–Crippen LogP) is 1.15. The summed E-state index contributed by atoms with van der Waals surface area (Å²) in [6.07, 6.45) is 2.38. The summed E-state index contributed by atoms with van der Waals surface area (Å²) in [5.74, 6) is 0.885. The number of hydrogen-bond donors (Lipinski definition) is 1. The zero-order valence-electron chi connectivity index (χ0n) is 13.1. The maximum atomic E-state index is 12.1. The standard InChI is InChI=1S/C16H22N4O2/c1-12-13(2)20-8-3-4-14(16(20)18-12)22-11-5-15(21)19-9-6-17-7-10-19/h3-4,8,17H,5-7,9-11H2,1-2H3. The van der Waals surface area contributed by atoms with Gasteiger partial charge in [0, 0.05) is 38.1 Å². The Morgan fingerprint density at radius 3 is 2.91 bits per heavy atom. The molecule has 0 bridgehead atoms. The van der Waals surface area contributed by atoms with Crippen molar-refractivity contribution in [2.75, 3.05) is 32.8 Å². The molecule has 22 heavy (non-hydrogen) atoms. The van der Waals surface area contributed by atoms with Gasteiger partial charge in [0.1, 0.15) is 0 Å². The summed E-state index contributed by atoms with van der Waals surface area (Å²) in [5, 5.41) is 3.24. The van der Waals surface area contributed by atoms with E-state index < -0.39 is 0 Å². The molecule has 1 fully saturated rings. The van der Waals surface area contributed by atoms with Crippen LogP contribution < -0.4 is 10.1 Å². The molecule has 2 aromatic heterocycles. The molecule has 1 N–H and O–H groups in total. The van der Waals surface area contributed by atoms with E-state index in [1.807, 2.05) is 41.5 Å². The summed E-state index contributed by atoms with van der Waals surface area (Å²) in [6.45, 7) is 7.72. The number of rotatable bonds is 4. The molecule has 0 spiro atoms. The smallest absolute Gasteiger partial charge is 0.226 e. The minimum absolute atomic E-state index is 0.157. The van der Waals surface area contributed by atoms with Crippen molar-refractivity contribution in [3.8, 4) is 5.75 Å². The zero-order valence-corrected chi connectivity index (χ0v) is 13.1. The van der Waals surface area contributed by atoms with Crippen LogP contribution in [0.25, 0.3) is 5.65 Å². The van der Waals surface area contributed by atoms with Gasteiger partial charge in [-0.05, 0) is 26.0 Å². The van der Waals surface area contributed by atoms with Crippen LogP contribution in [-0.2, 0) is 4.79 Å². The molecule has 1 saturated heterocycles. The van der Waals surface area contributed by atoms with Gasteiger partial charge in [-0.3, -0.25) is 4.79 Å². The van der Waals surface area contributed by atoms with Crippen molar-refractivity contribution in [3.05, 3.63) is 29.7 Å². The van der Waals surface area contributed by atoms with Gasteiger partial charge in [0.15, 0.2) is 11.4 Å². The van der Waals surface area contributed by atoms with E-state index in [0.29, 0.717) is 13.0 Å². The minimum Gasteiger partial charge on any atom is -0.489 e. The van der Waals surface area contributed by atoms with Gasteiger partial charge in [-0.25, -0.2) is 4.98 Å². The molecular formula is C16H22N4O2. The number of aromatic nitrogens is 2. The Morgan fingerprint density at radius 2 is 2.14 bits per heavy atom. The second-order valence-corrected chi connectivity index (χ2v) is 5.58. The normalized spacial score (nSPS) is 15.3. The van der Waals surface area contributed by atoms with E-state index in [2.05, 4.69) is 10.3 Å². The summed E-state index contributed by atoms with van der Waals surface area (Å²) in [6, 6.07) is 3.84. The van der Waals surface area contributed by atoms with Crippen molar-refractivity contribution in [1.29, 1.82) is 0 Å². The molecule has 3 rings (SSSR count). The second kappa shape index (κ2) is 6.36. The van der Waals surface area contributed by atoms with Crippen LogP contribution in [0.2, 0.25) is 0 Å². The highest BCUT2D eigenvalue weighted by molar-refractivity contribution is 5.76. The van der Waals surface area contributed by atoms with Gasteiger partial charge in [-0.15, -0.1) is 0 Å². The molecule has 0 unspecified atom stereocenters. The molecule has 0 aliphatic carbocycles. The van der Waals surface area contributed by atoms with Gasteiger partial charge in [0.2, 0.25) is 5.91 Å². The number of carbonyl (C=O) groups excluding carboxylic acids is 1. The van der Waals surface area contributed by atoms with Crippen molar-refractivity contribution in [2.24, 2.45) is 0 Å². The van der Waals surface area contributed by atoms with Crippen molar-refractivity contribution in [3.63, 3.8) is 0 Å². The van der Waals surface area contributed by atoms with Crippen molar-refractivity contribution >= 4 is 11.6 Å². The maximum Gasteiger partial charge on any atom is 0.226 e. The number of amides is 1. The summed E-state index contributed by atoms with van der Waals surface area (Å²) >= 11 is 0. The number of fused-ring (bicyclic) bond motifs is 1. The van der Waals surface area contributed by atoms with Crippen molar-refractivity contribution in [2.45, 2.75) is 20.3 Å². The third-order valence-electron chi connectivity index (χ3n) is 4.13. The Labute approximate surface area is 130 Å². The van der Waals surface area contributed by atoms with Crippen LogP contribution in [0.3, 0.4) is 0 Å². The average molecular weight is 302 g/mol. The molecule has 6 heteroatoms. The number of pyridine rings is 1. The zero-order chi connectivity index (χ0) is 15.5. The van der Waals surface area contributed by atoms with Crippen LogP contribution in [0, 0.1) is 13.8 Å². The number of aryl methyl sites for hydroxylation is 2. The molecule has 1 aliphatic heterocycles. The van der Waals surface area contributed by atoms with E-state index in [-0.39, 0.29) is 5.91 Å². The molecule has 1 aliphatic rings. The first-order valence-corrected chi connectivity index (χ1v) is 7.72. The topological polar surface area (TPSA) is 58.9 Å². The van der Waals surface area contributed by atoms with Crippen LogP contribution in [0.4, 0.5) is 0 Å². The molecule has 2 aromatic rings. The van der Waals surface area contributed by atoms with Crippen molar-refractivity contribution < 1.29 is 9.53 Å². The number of imidazole rings is 1. The first-order valence-electron chi connectivity index (χ1n) is 7.72. The highest BCUT2D eigenvalue weighted by Gasteiger charge is 2.16. The Morgan fingerprint density at radius 1 is 1.36 bits per heavy atom. The molecule has 118 valence electrons. The van der Waals surface area contributed by atoms with Crippen molar-refractivity contribution in [1.82, 2.24) is 19.6 Å². The highest BCUT2D eigenvalue weighted by atomic mass is 16.5. The van der Waals surface area contributed by atoms with E-state index in [0.717, 1.165) is 49.0 Å². The maximum absolute atomic E-state index is 12.1. The van der Waals surface area contributed by atoms with Gasteiger partial charge in [0.05, 0.1) is 18.7 Å². The van der Waals surface area contributed by atoms with E-state index in [1.165, 1.54) is 0 Å². The number of ether oxygens (including phenoxy) is 1. The first-order chi connectivity index (χ1) is 10.7. The Kier molecular flexibility index (Phi) is 4.29. The molecule has 0 aromatic carbocycles. The summed E-state index contributed by atoms with van der Waals surface area (Å²) in [4.78, 5) is 18.5. The largest absolute Gasteiger partial charge is 0.489 e. The molecular weight excluding hydrogens is 280 g/mol. The van der Waals surface area contributed by atoms with Gasteiger partial charge < -0.3 is 19.4 Å². The van der Waals surface area contributed by atoms with Gasteiger partial charge in [0.25, 0.3) is 0 Å². The van der Waals surface area contributed by atoms with E-state index in [9.17, 15) is 4.79 Å². The molecule has 1 amide bonds. The number of piperazine rings is 1. The number of hydrogen-bond acceptors (Lipinski definition) is 4. The summed E-state index contributed by atoms with van der Waals surface area (Å²) < 4.78 is 7.82. The lowest BCUT2D eigenvalue weighted by Gasteiger charge is -2.27. The monoisotopic (exact) mass is 302 g/mol. The lowest BCUT2D eigenvalue weighted by molar-refractivity contribution is -0.132. The molecule has 0 radical (unpaired) electrons. The highest BCUT2D eigenvalue weighted by Crippen LogP contribution is 2.21. The number of nitrogens with zero attached hydrogens (tertiary/aromatic N) is 3. The van der Waals surface area contributed by atoms with Gasteiger partial charge in [-0.1, -0.05) is 0 Å². The fraction of sp³-hybridized carbons (Fsp3) is 0.500. The first kappa shape index (κ1) is 14.8. The Bertz CT molecular complexity index is 674. The molecule has 0 saturated carbocycles. The predicted molar refractivity (Wildman–Crippen MR) is 84.2 cm³/mol. The fourth-order valence-electron chi connectivity index (χ4n) is 2.71. The average Bonchev–Trinajstić information content (AvgIpc) is 2.84. The lowest BCUT2D eigenvalue weighted by atomic mass is 10.3. The van der Waals surface area contributed by atoms with Crippen LogP contribution in [0.5, 0.6) is 5.75 Å². The van der Waals surface area contributed by atoms with E-state index in [1.54, 1.807) is 0 Å². The second-order valence-electron chi connectivity index (χ2n) is 5.58. The molecule has 0 atom stereocenters. The Balaban J connectivity index is 1.62. The van der Waals surface area contributed by atoms with E-state index in [4.69, 9.17) is 4.74 Å². The third kappa shape index (κ3) is 2.92. The SMILES string of the molecule is Cc1nc2c(OCCC(=O)N3CCNCC3)cccn2c1C. The van der Waals surface area contributed by atoms with Crippen LogP contribution in [-0.4, -0.2) is 53.0 Å². The van der Waals surface area contributed by atoms with E-state index >= 15 is 0 Å². The molecule has 3 heterocycles. The van der Waals surface area contributed by atoms with Crippen LogP contribution in [0.1, 0.15) is 17.8 Å². The number of carbonyl (C=O) groups is 1. The van der Waals surface area contributed by atoms with Gasteiger partial charge in [-0.2, -0.15) is 0 Å². The summed E-state index contributed by atoms with van der Waals surface area (Å²) in [7, 11) is 0. The summed E-state index contributed by atoms with van der Waals surface area (Å²) in [5.41, 5.74) is 2.91. The van der Waals surface area contributed by atoms with Crippen LogP contribution >= 0.6 is 0 Å². The minimum atomic E-state index is 0.157. The van der Waals surface area contributed by atoms with Crippen LogP contribution in [0.15, 0.2) is 18.3 Å². The Hall–Kier alpha value is -2.08. The quantitative estimate of drug-likeness (QED) is 0.920. The third-order valence-corrected chi connectivity index (χ3v) is 4.13. The number of nitrogens with one attached hydrogen (secondary N) is 1. The van der Waals surface area contributed by atoms with Gasteiger partial charge >= 0.3 is 0 Å². The fourth-order valence-corrected chi connectivity index (χ4v) is 2.71. The molecule has 6 nitrogen and oxygen atoms in total. The lowest BCUT2D eigenvalue weighted by Crippen LogP contribution is -2.46.